The Bertz CT molecular complexity index is 1080. The summed E-state index contributed by atoms with van der Waals surface area (Å²) in [4.78, 5) is 34.8. The van der Waals surface area contributed by atoms with Gasteiger partial charge in [-0.3, -0.25) is 14.9 Å². The molecule has 10 heteroatoms. The fraction of sp³-hybridized carbons (Fsp3) is 0.111. The minimum atomic E-state index is -0.711. The van der Waals surface area contributed by atoms with Crippen LogP contribution in [0.1, 0.15) is 9.67 Å². The zero-order valence-corrected chi connectivity index (χ0v) is 16.0. The first-order valence-corrected chi connectivity index (χ1v) is 9.06. The molecule has 0 atom stereocenters. The van der Waals surface area contributed by atoms with Crippen molar-refractivity contribution >= 4 is 56.3 Å². The smallest absolute Gasteiger partial charge is 0.350 e. The lowest BCUT2D eigenvalue weighted by Crippen LogP contribution is -2.21. The number of carbonyl (C=O) groups is 2. The van der Waals surface area contributed by atoms with Crippen molar-refractivity contribution < 1.29 is 24.0 Å². The van der Waals surface area contributed by atoms with Crippen LogP contribution in [0.4, 0.5) is 11.4 Å². The topological polar surface area (TPSA) is 108 Å². The molecule has 3 rings (SSSR count). The molecule has 3 aromatic rings. The largest absolute Gasteiger partial charge is 0.494 e. The van der Waals surface area contributed by atoms with Gasteiger partial charge in [-0.05, 0) is 12.1 Å². The number of thiophene rings is 1. The number of anilines is 1. The molecule has 0 saturated heterocycles. The van der Waals surface area contributed by atoms with E-state index in [1.807, 2.05) is 12.1 Å². The number of ether oxygens (including phenoxy) is 2. The van der Waals surface area contributed by atoms with E-state index in [1.54, 1.807) is 12.1 Å². The molecule has 0 unspecified atom stereocenters. The second kappa shape index (κ2) is 8.24. The number of esters is 1. The van der Waals surface area contributed by atoms with E-state index in [0.29, 0.717) is 0 Å². The number of hydrogen-bond donors (Lipinski definition) is 1. The van der Waals surface area contributed by atoms with Gasteiger partial charge in [-0.2, -0.15) is 0 Å². The molecule has 0 aliphatic heterocycles. The summed E-state index contributed by atoms with van der Waals surface area (Å²) in [6.45, 7) is -0.552. The molecule has 1 N–H and O–H groups in total. The molecule has 1 heterocycles. The van der Waals surface area contributed by atoms with Gasteiger partial charge in [0.05, 0.1) is 28.8 Å². The van der Waals surface area contributed by atoms with Gasteiger partial charge in [-0.15, -0.1) is 11.3 Å². The normalized spacial score (nSPS) is 10.5. The summed E-state index contributed by atoms with van der Waals surface area (Å²) in [5.41, 5.74) is 0.0368. The average Bonchev–Trinajstić information content (AvgIpc) is 3.03. The van der Waals surface area contributed by atoms with Crippen molar-refractivity contribution in [3.05, 3.63) is 62.5 Å². The monoisotopic (exact) mass is 420 g/mol. The molecule has 28 heavy (non-hydrogen) atoms. The van der Waals surface area contributed by atoms with Crippen LogP contribution in [-0.4, -0.2) is 30.5 Å². The summed E-state index contributed by atoms with van der Waals surface area (Å²) in [6, 6.07) is 11.0. The molecule has 0 aliphatic carbocycles. The minimum absolute atomic E-state index is 0.112. The van der Waals surface area contributed by atoms with Crippen LogP contribution >= 0.6 is 22.9 Å². The molecule has 8 nitrogen and oxygen atoms in total. The first kappa shape index (κ1) is 19.6. The highest BCUT2D eigenvalue weighted by Crippen LogP contribution is 2.35. The lowest BCUT2D eigenvalue weighted by Gasteiger charge is -2.10. The molecule has 0 saturated carbocycles. The second-order valence-electron chi connectivity index (χ2n) is 5.51. The van der Waals surface area contributed by atoms with Crippen LogP contribution < -0.4 is 10.1 Å². The number of nitro groups is 1. The number of hydrogen-bond acceptors (Lipinski definition) is 7. The molecular formula is C18H13ClN2O6S. The van der Waals surface area contributed by atoms with Crippen LogP contribution in [0.2, 0.25) is 5.02 Å². The highest BCUT2D eigenvalue weighted by Gasteiger charge is 2.20. The Hall–Kier alpha value is -3.17. The van der Waals surface area contributed by atoms with Crippen LogP contribution in [-0.2, 0) is 9.53 Å². The van der Waals surface area contributed by atoms with Gasteiger partial charge < -0.3 is 14.8 Å². The molecule has 0 fully saturated rings. The van der Waals surface area contributed by atoms with Crippen LogP contribution in [0.15, 0.2) is 42.5 Å². The van der Waals surface area contributed by atoms with Gasteiger partial charge in [-0.25, -0.2) is 4.79 Å². The summed E-state index contributed by atoms with van der Waals surface area (Å²) >= 11 is 7.39. The molecule has 0 radical (unpaired) electrons. The average molecular weight is 421 g/mol. The number of fused-ring (bicyclic) bond motifs is 1. The van der Waals surface area contributed by atoms with Crippen molar-refractivity contribution in [2.24, 2.45) is 0 Å². The quantitative estimate of drug-likeness (QED) is 0.362. The van der Waals surface area contributed by atoms with Crippen molar-refractivity contribution in [2.75, 3.05) is 19.0 Å². The lowest BCUT2D eigenvalue weighted by atomic mass is 10.2. The van der Waals surface area contributed by atoms with Gasteiger partial charge in [0, 0.05) is 16.2 Å². The number of nitrogens with one attached hydrogen (secondary N) is 1. The van der Waals surface area contributed by atoms with E-state index in [1.165, 1.54) is 36.6 Å². The van der Waals surface area contributed by atoms with Crippen molar-refractivity contribution in [3.8, 4) is 5.75 Å². The predicted molar refractivity (Wildman–Crippen MR) is 105 cm³/mol. The van der Waals surface area contributed by atoms with E-state index in [9.17, 15) is 19.7 Å². The molecule has 1 aromatic heterocycles. The van der Waals surface area contributed by atoms with Crippen LogP contribution in [0.3, 0.4) is 0 Å². The number of methoxy groups -OCH3 is 1. The zero-order chi connectivity index (χ0) is 20.3. The van der Waals surface area contributed by atoms with Crippen molar-refractivity contribution in [2.45, 2.75) is 0 Å². The van der Waals surface area contributed by atoms with Crippen molar-refractivity contribution in [3.63, 3.8) is 0 Å². The highest BCUT2D eigenvalue weighted by molar-refractivity contribution is 7.21. The summed E-state index contributed by atoms with van der Waals surface area (Å²) in [5, 5.41) is 14.3. The van der Waals surface area contributed by atoms with Gasteiger partial charge in [0.15, 0.2) is 6.61 Å². The maximum absolute atomic E-state index is 12.3. The third kappa shape index (κ3) is 4.05. The van der Waals surface area contributed by atoms with E-state index in [-0.39, 0.29) is 27.0 Å². The van der Waals surface area contributed by atoms with Crippen LogP contribution in [0, 0.1) is 10.1 Å². The zero-order valence-electron chi connectivity index (χ0n) is 14.4. The molecule has 0 aliphatic rings. The minimum Gasteiger partial charge on any atom is -0.494 e. The van der Waals surface area contributed by atoms with Gasteiger partial charge in [0.2, 0.25) is 0 Å². The Balaban J connectivity index is 1.66. The van der Waals surface area contributed by atoms with Gasteiger partial charge in [-0.1, -0.05) is 29.8 Å². The van der Waals surface area contributed by atoms with E-state index in [2.05, 4.69) is 5.32 Å². The van der Waals surface area contributed by atoms with Crippen molar-refractivity contribution in [1.29, 1.82) is 0 Å². The number of rotatable bonds is 6. The van der Waals surface area contributed by atoms with Crippen molar-refractivity contribution in [1.82, 2.24) is 0 Å². The molecule has 0 bridgehead atoms. The van der Waals surface area contributed by atoms with Gasteiger partial charge in [0.1, 0.15) is 10.6 Å². The predicted octanol–water partition coefficient (Wildman–Crippen LogP) is 4.27. The van der Waals surface area contributed by atoms with Gasteiger partial charge >= 0.3 is 5.97 Å². The van der Waals surface area contributed by atoms with E-state index < -0.39 is 23.4 Å². The Labute approximate surface area is 167 Å². The summed E-state index contributed by atoms with van der Waals surface area (Å²) in [7, 11) is 1.32. The maximum Gasteiger partial charge on any atom is 0.350 e. The summed E-state index contributed by atoms with van der Waals surface area (Å²) in [5.74, 6) is -1.23. The molecular weight excluding hydrogens is 408 g/mol. The number of non-ortho nitro benzene ring substituents is 1. The lowest BCUT2D eigenvalue weighted by molar-refractivity contribution is -0.384. The Morgan fingerprint density at radius 3 is 2.68 bits per heavy atom. The number of nitro benzene ring substituents is 1. The first-order chi connectivity index (χ1) is 13.4. The van der Waals surface area contributed by atoms with E-state index >= 15 is 0 Å². The number of amides is 1. The number of benzene rings is 2. The Morgan fingerprint density at radius 1 is 1.25 bits per heavy atom. The molecule has 2 aromatic carbocycles. The fourth-order valence-electron chi connectivity index (χ4n) is 2.42. The fourth-order valence-corrected chi connectivity index (χ4v) is 3.83. The standard InChI is InChI=1S/C18H13ClN2O6S/c1-26-13-8-10(21(24)25)6-7-12(13)20-15(22)9-27-18(23)17-16(19)11-4-2-3-5-14(11)28-17/h2-8H,9H2,1H3,(H,20,22). The molecule has 144 valence electrons. The Morgan fingerprint density at radius 2 is 2.00 bits per heavy atom. The summed E-state index contributed by atoms with van der Waals surface area (Å²) < 4.78 is 10.9. The Kier molecular flexibility index (Phi) is 5.76. The SMILES string of the molecule is COc1cc([N+](=O)[O-])ccc1NC(=O)COC(=O)c1sc2ccccc2c1Cl. The second-order valence-corrected chi connectivity index (χ2v) is 6.94. The first-order valence-electron chi connectivity index (χ1n) is 7.87. The van der Waals surface area contributed by atoms with Crippen LogP contribution in [0.25, 0.3) is 10.1 Å². The number of nitrogens with zero attached hydrogens (tertiary/aromatic N) is 1. The van der Waals surface area contributed by atoms with E-state index in [4.69, 9.17) is 21.1 Å². The third-order valence-corrected chi connectivity index (χ3v) is 5.38. The van der Waals surface area contributed by atoms with Gasteiger partial charge in [0.25, 0.3) is 11.6 Å². The highest BCUT2D eigenvalue weighted by atomic mass is 35.5. The number of carbonyl (C=O) groups excluding carboxylic acids is 2. The third-order valence-electron chi connectivity index (χ3n) is 3.72. The van der Waals surface area contributed by atoms with Crippen LogP contribution in [0.5, 0.6) is 5.75 Å². The molecule has 0 spiro atoms. The summed E-state index contributed by atoms with van der Waals surface area (Å²) in [6.07, 6.45) is 0. The van der Waals surface area contributed by atoms with E-state index in [0.717, 1.165) is 10.1 Å². The maximum atomic E-state index is 12.3. The number of halogens is 1. The molecule has 1 amide bonds.